The molecule has 0 radical (unpaired) electrons. The van der Waals surface area contributed by atoms with Gasteiger partial charge >= 0.3 is 17.9 Å². The summed E-state index contributed by atoms with van der Waals surface area (Å²) in [5.74, 6) is -9.79. The van der Waals surface area contributed by atoms with Crippen molar-refractivity contribution in [2.75, 3.05) is 13.7 Å². The van der Waals surface area contributed by atoms with E-state index in [1.807, 2.05) is 6.92 Å². The maximum Gasteiger partial charge on any atom is 0.342 e. The van der Waals surface area contributed by atoms with Gasteiger partial charge in [0.05, 0.1) is 47.5 Å². The second kappa shape index (κ2) is 26.5. The number of rotatable bonds is 13. The third kappa shape index (κ3) is 14.7. The lowest BCUT2D eigenvalue weighted by atomic mass is 9.88. The number of phenols is 2. The van der Waals surface area contributed by atoms with Crippen LogP contribution < -0.4 is 0 Å². The largest absolute Gasteiger partial charge is 0.505 e. The minimum Gasteiger partial charge on any atom is -0.505 e. The quantitative estimate of drug-likeness (QED) is 0.0655. The molecule has 72 heavy (non-hydrogen) atoms. The highest BCUT2D eigenvalue weighted by Gasteiger charge is 2.53. The van der Waals surface area contributed by atoms with Crippen LogP contribution in [-0.4, -0.2) is 153 Å². The number of aliphatic hydroxyl groups excluding tert-OH is 5. The van der Waals surface area contributed by atoms with Crippen molar-refractivity contribution in [2.45, 2.75) is 187 Å². The smallest absolute Gasteiger partial charge is 0.342 e. The van der Waals surface area contributed by atoms with Crippen molar-refractivity contribution in [2.24, 2.45) is 11.8 Å². The van der Waals surface area contributed by atoms with E-state index in [4.69, 9.17) is 70.7 Å². The highest BCUT2D eigenvalue weighted by Crippen LogP contribution is 2.45. The number of hydrogen-bond donors (Lipinski definition) is 7. The summed E-state index contributed by atoms with van der Waals surface area (Å²) >= 11 is 12.3. The van der Waals surface area contributed by atoms with Crippen LogP contribution >= 0.6 is 23.2 Å². The molecule has 20 heteroatoms. The number of esters is 3. The molecule has 0 spiro atoms. The van der Waals surface area contributed by atoms with E-state index >= 15 is 0 Å². The van der Waals surface area contributed by atoms with Crippen molar-refractivity contribution in [1.29, 1.82) is 0 Å². The van der Waals surface area contributed by atoms with Gasteiger partial charge in [0.1, 0.15) is 46.7 Å². The lowest BCUT2D eigenvalue weighted by Gasteiger charge is -2.47. The maximum absolute atomic E-state index is 14.0. The molecule has 0 aliphatic carbocycles. The second-order valence-corrected chi connectivity index (χ2v) is 19.3. The van der Waals surface area contributed by atoms with E-state index in [9.17, 15) is 50.1 Å². The van der Waals surface area contributed by atoms with Crippen molar-refractivity contribution in [3.63, 3.8) is 0 Å². The third-order valence-corrected chi connectivity index (χ3v) is 13.5. The maximum atomic E-state index is 14.0. The van der Waals surface area contributed by atoms with Gasteiger partial charge in [-0.2, -0.15) is 0 Å². The summed E-state index contributed by atoms with van der Waals surface area (Å²) in [7, 11) is 1.23. The van der Waals surface area contributed by atoms with E-state index in [2.05, 4.69) is 0 Å². The number of methoxy groups -OCH3 is 1. The minimum absolute atomic E-state index is 0.00637. The molecular formula is C52H74Cl2O18. The zero-order chi connectivity index (χ0) is 60.0. The Labute approximate surface area is 441 Å². The number of phenolic OH excluding ortho intramolecular Hbond substituents is 2. The fourth-order valence-electron chi connectivity index (χ4n) is 8.51. The second-order valence-electron chi connectivity index (χ2n) is 18.6. The predicted octanol–water partition coefficient (Wildman–Crippen LogP) is 6.23. The van der Waals surface area contributed by atoms with Crippen LogP contribution in [0.15, 0.2) is 58.7 Å². The molecule has 0 aromatic heterocycles. The number of carbonyl (C=O) groups excluding carboxylic acids is 3. The number of halogens is 2. The molecule has 0 bridgehead atoms. The molecule has 7 N–H and O–H groups in total. The number of aromatic hydroxyl groups is 2. The Balaban J connectivity index is 1.62. The van der Waals surface area contributed by atoms with Gasteiger partial charge in [0.2, 0.25) is 0 Å². The average molecular weight is 1070 g/mol. The average Bonchev–Trinajstić information content (AvgIpc) is 3.37. The molecule has 0 amide bonds. The number of hydrogen-bond acceptors (Lipinski definition) is 18. The Morgan fingerprint density at radius 3 is 2.25 bits per heavy atom. The van der Waals surface area contributed by atoms with Gasteiger partial charge in [-0.05, 0) is 90.5 Å². The number of ether oxygens (including phenoxy) is 8. The molecule has 1 aromatic carbocycles. The highest BCUT2D eigenvalue weighted by atomic mass is 35.5. The molecular weight excluding hydrogens is 983 g/mol. The number of benzene rings is 1. The molecule has 2 saturated heterocycles. The molecule has 1 aromatic rings. The van der Waals surface area contributed by atoms with Gasteiger partial charge in [-0.15, -0.1) is 0 Å². The molecule has 404 valence electrons. The minimum atomic E-state index is -3.76. The number of cyclic esters (lactones) is 1. The van der Waals surface area contributed by atoms with Gasteiger partial charge in [0, 0.05) is 29.0 Å². The third-order valence-electron chi connectivity index (χ3n) is 12.7. The highest BCUT2D eigenvalue weighted by molar-refractivity contribution is 6.39. The van der Waals surface area contributed by atoms with Crippen molar-refractivity contribution in [3.05, 3.63) is 79.9 Å². The van der Waals surface area contributed by atoms with Crippen molar-refractivity contribution >= 4 is 41.1 Å². The van der Waals surface area contributed by atoms with Crippen molar-refractivity contribution in [3.8, 4) is 11.5 Å². The zero-order valence-electron chi connectivity index (χ0n) is 49.0. The number of carbonyl (C=O) groups is 3. The first-order valence-electron chi connectivity index (χ1n) is 27.0. The van der Waals surface area contributed by atoms with E-state index in [1.165, 1.54) is 47.0 Å². The molecule has 0 saturated carbocycles. The summed E-state index contributed by atoms with van der Waals surface area (Å²) in [6.07, 6.45) is -8.85. The van der Waals surface area contributed by atoms with Crippen LogP contribution in [0.3, 0.4) is 0 Å². The SMILES string of the molecule is [2H]C([2H])([2H])C([2H])(C(=O)O[C@@H]1[C@@H](O)[C@@H](O)[C@@H](O[C@H]2C(C)=CC(C)=CC[C@@H]([C@@H](C)O)OC(=O)/C(CO[C@@H]3O[C@H](C)[C@@H](OC(=O)c4c(O)c(Cl)c(O)c(Cl)c4CC)[C@H](O)[C@@H]3OC)=C/C=C/C[C@H](O)/C(C)=C\[C@@H]2CC)OC1(C)C)C([2H])([2H])[2H]. The van der Waals surface area contributed by atoms with Crippen LogP contribution in [0.1, 0.15) is 121 Å². The van der Waals surface area contributed by atoms with Gasteiger partial charge in [0.15, 0.2) is 36.3 Å². The Bertz CT molecular complexity index is 2480. The standard InChI is InChI=1S/C52H74Cl2O18/c1-13-30-22-26(6)33(56)18-16-15-17-31(23-66-51-45(65-12)42(61)44(29(9)67-51)69-49(64)35-32(14-2)36(53)39(58)37(54)38(35)57)48(63)68-34(28(8)55)20-19-25(5)21-27(7)43(30)70-50-41(60)40(59)46(52(10,11)72-50)71-47(62)24(3)4/h15-17,19,21-22,24,28-30,33-34,40-46,50-51,55-61H,13-14,18,20,23H2,1-12H3/b16-15+,25-19?,26-22-,27-21?,31-17+/t28-,29-,30+,33+,34+,40+,41-,42+,43+,44-,45+,46-,50+,51-/m1/s1/i3D3,4D3,24D. The van der Waals surface area contributed by atoms with E-state index < -0.39 is 157 Å². The lowest BCUT2D eigenvalue weighted by molar-refractivity contribution is -0.333. The molecule has 4 rings (SSSR count). The molecule has 3 aliphatic heterocycles. The molecule has 2 fully saturated rings. The van der Waals surface area contributed by atoms with Crippen molar-refractivity contribution in [1.82, 2.24) is 0 Å². The fourth-order valence-corrected chi connectivity index (χ4v) is 9.07. The van der Waals surface area contributed by atoms with Gasteiger partial charge in [0.25, 0.3) is 0 Å². The zero-order valence-corrected chi connectivity index (χ0v) is 43.5. The molecule has 0 unspecified atom stereocenters. The fraction of sp³-hybridized carbons (Fsp3) is 0.635. The number of allylic oxidation sites excluding steroid dienone is 4. The summed E-state index contributed by atoms with van der Waals surface area (Å²) in [6.45, 7) is 6.21. The summed E-state index contributed by atoms with van der Waals surface area (Å²) < 4.78 is 101. The van der Waals surface area contributed by atoms with Crippen LogP contribution in [0.25, 0.3) is 0 Å². The molecule has 3 heterocycles. The predicted molar refractivity (Wildman–Crippen MR) is 265 cm³/mol. The van der Waals surface area contributed by atoms with Crippen LogP contribution in [0, 0.1) is 11.8 Å². The Morgan fingerprint density at radius 2 is 1.64 bits per heavy atom. The monoisotopic (exact) mass is 1060 g/mol. The molecule has 18 nitrogen and oxygen atoms in total. The first-order valence-corrected chi connectivity index (χ1v) is 24.2. The van der Waals surface area contributed by atoms with Gasteiger partial charge < -0.3 is 73.6 Å². The summed E-state index contributed by atoms with van der Waals surface area (Å²) in [5, 5.41) is 76.8. The first-order chi connectivity index (χ1) is 36.5. The summed E-state index contributed by atoms with van der Waals surface area (Å²) in [5.41, 5.74) is -0.683. The van der Waals surface area contributed by atoms with E-state index in [0.717, 1.165) is 0 Å². The van der Waals surface area contributed by atoms with Gasteiger partial charge in [-0.1, -0.05) is 86.7 Å². The van der Waals surface area contributed by atoms with Crippen molar-refractivity contribution < 1.29 is 97.6 Å². The van der Waals surface area contributed by atoms with E-state index in [1.54, 1.807) is 52.0 Å². The normalized spacial score (nSPS) is 35.3. The first kappa shape index (κ1) is 50.3. The van der Waals surface area contributed by atoms with E-state index in [0.29, 0.717) is 23.1 Å². The Morgan fingerprint density at radius 1 is 0.958 bits per heavy atom. The number of aliphatic hydroxyl groups is 5. The topological polar surface area (TPSA) is 267 Å². The summed E-state index contributed by atoms with van der Waals surface area (Å²) in [4.78, 5) is 40.8. The summed E-state index contributed by atoms with van der Waals surface area (Å²) in [6, 6.07) is 0. The van der Waals surface area contributed by atoms with Crippen LogP contribution in [0.2, 0.25) is 10.0 Å². The van der Waals surface area contributed by atoms with Crippen LogP contribution in [0.5, 0.6) is 11.5 Å². The molecule has 14 atom stereocenters. The van der Waals surface area contributed by atoms with Crippen LogP contribution in [0.4, 0.5) is 0 Å². The Kier molecular flexibility index (Phi) is 18.5. The lowest BCUT2D eigenvalue weighted by Crippen LogP contribution is -2.64. The van der Waals surface area contributed by atoms with Gasteiger partial charge in [-0.25, -0.2) is 9.59 Å². The Hall–Kier alpha value is -3.89. The van der Waals surface area contributed by atoms with E-state index in [-0.39, 0.29) is 35.4 Å². The van der Waals surface area contributed by atoms with Crippen LogP contribution in [-0.2, 0) is 53.9 Å². The molecule has 3 aliphatic rings. The van der Waals surface area contributed by atoms with Gasteiger partial charge in [-0.3, -0.25) is 4.79 Å².